The summed E-state index contributed by atoms with van der Waals surface area (Å²) in [6.07, 6.45) is -0.198. The average Bonchev–Trinajstić information content (AvgIpc) is 3.31. The maximum absolute atomic E-state index is 13.1. The van der Waals surface area contributed by atoms with Gasteiger partial charge in [-0.25, -0.2) is 0 Å². The summed E-state index contributed by atoms with van der Waals surface area (Å²) < 4.78 is 10.8. The number of rotatable bonds is 7. The van der Waals surface area contributed by atoms with Crippen molar-refractivity contribution in [3.8, 4) is 17.3 Å². The molecule has 1 N–H and O–H groups in total. The number of hydrogen-bond acceptors (Lipinski definition) is 8. The van der Waals surface area contributed by atoms with Crippen LogP contribution in [0.3, 0.4) is 0 Å². The quantitative estimate of drug-likeness (QED) is 0.313. The fraction of sp³-hybridized carbons (Fsp3) is 0.263. The van der Waals surface area contributed by atoms with Crippen molar-refractivity contribution in [2.75, 3.05) is 7.11 Å². The lowest BCUT2D eigenvalue weighted by atomic mass is 9.99. The van der Waals surface area contributed by atoms with E-state index in [-0.39, 0.29) is 22.9 Å². The Morgan fingerprint density at radius 3 is 2.67 bits per heavy atom. The molecule has 0 aliphatic carbocycles. The Balaban J connectivity index is 2.00. The van der Waals surface area contributed by atoms with E-state index in [9.17, 15) is 14.4 Å². The first-order valence-corrected chi connectivity index (χ1v) is 9.59. The average molecular weight is 476 g/mol. The molecule has 156 valence electrons. The largest absolute Gasteiger partial charge is 0.496 e. The van der Waals surface area contributed by atoms with Gasteiger partial charge in [-0.15, -0.1) is 15.0 Å². The summed E-state index contributed by atoms with van der Waals surface area (Å²) in [6, 6.07) is 4.89. The van der Waals surface area contributed by atoms with Crippen LogP contribution in [0.15, 0.2) is 22.7 Å². The number of esters is 1. The van der Waals surface area contributed by atoms with E-state index in [1.165, 1.54) is 14.0 Å². The SMILES string of the molecule is COc1ccc(C(=O)c2c(C=O)[nH]c(-c3nnn(C(C)OC(C)=O)n3)c2C)cc1Br. The summed E-state index contributed by atoms with van der Waals surface area (Å²) >= 11 is 3.36. The number of hydrogen-bond donors (Lipinski definition) is 1. The number of carbonyl (C=O) groups excluding carboxylic acids is 3. The number of aromatic nitrogens is 5. The Labute approximate surface area is 179 Å². The molecule has 10 nitrogen and oxygen atoms in total. The van der Waals surface area contributed by atoms with Crippen molar-refractivity contribution in [1.29, 1.82) is 0 Å². The molecule has 0 saturated heterocycles. The van der Waals surface area contributed by atoms with Crippen LogP contribution in [0.25, 0.3) is 11.5 Å². The number of carbonyl (C=O) groups is 3. The number of aldehydes is 1. The molecule has 0 saturated carbocycles. The Kier molecular flexibility index (Phi) is 6.11. The maximum Gasteiger partial charge on any atom is 0.304 e. The highest BCUT2D eigenvalue weighted by Gasteiger charge is 2.25. The van der Waals surface area contributed by atoms with E-state index in [0.717, 1.165) is 4.80 Å². The molecule has 0 radical (unpaired) electrons. The van der Waals surface area contributed by atoms with E-state index in [1.807, 2.05) is 0 Å². The van der Waals surface area contributed by atoms with Gasteiger partial charge in [0.2, 0.25) is 12.1 Å². The normalized spacial score (nSPS) is 11.8. The lowest BCUT2D eigenvalue weighted by Crippen LogP contribution is -2.15. The maximum atomic E-state index is 13.1. The monoisotopic (exact) mass is 475 g/mol. The number of H-pyrrole nitrogens is 1. The highest BCUT2D eigenvalue weighted by Crippen LogP contribution is 2.30. The van der Waals surface area contributed by atoms with Crippen molar-refractivity contribution in [2.24, 2.45) is 0 Å². The van der Waals surface area contributed by atoms with Crippen LogP contribution < -0.4 is 4.74 Å². The van der Waals surface area contributed by atoms with Crippen LogP contribution in [-0.2, 0) is 9.53 Å². The van der Waals surface area contributed by atoms with Crippen molar-refractivity contribution in [3.63, 3.8) is 0 Å². The van der Waals surface area contributed by atoms with Gasteiger partial charge in [0, 0.05) is 12.5 Å². The van der Waals surface area contributed by atoms with Gasteiger partial charge in [0.05, 0.1) is 28.5 Å². The van der Waals surface area contributed by atoms with E-state index in [4.69, 9.17) is 9.47 Å². The molecule has 2 heterocycles. The zero-order valence-electron chi connectivity index (χ0n) is 16.6. The fourth-order valence-corrected chi connectivity index (χ4v) is 3.48. The Morgan fingerprint density at radius 1 is 1.33 bits per heavy atom. The summed E-state index contributed by atoms with van der Waals surface area (Å²) in [4.78, 5) is 39.9. The number of benzene rings is 1. The van der Waals surface area contributed by atoms with Crippen LogP contribution in [0.5, 0.6) is 5.75 Å². The summed E-state index contributed by atoms with van der Waals surface area (Å²) in [6.45, 7) is 4.54. The zero-order chi connectivity index (χ0) is 22.0. The second-order valence-corrected chi connectivity index (χ2v) is 7.21. The molecule has 30 heavy (non-hydrogen) atoms. The fourth-order valence-electron chi connectivity index (χ4n) is 2.94. The van der Waals surface area contributed by atoms with E-state index in [1.54, 1.807) is 32.0 Å². The van der Waals surface area contributed by atoms with E-state index in [0.29, 0.717) is 33.3 Å². The molecule has 1 aromatic carbocycles. The van der Waals surface area contributed by atoms with Crippen LogP contribution in [-0.4, -0.2) is 50.3 Å². The second-order valence-electron chi connectivity index (χ2n) is 6.35. The number of aromatic amines is 1. The smallest absolute Gasteiger partial charge is 0.304 e. The number of nitrogens with zero attached hydrogens (tertiary/aromatic N) is 4. The van der Waals surface area contributed by atoms with Gasteiger partial charge >= 0.3 is 5.97 Å². The molecule has 0 spiro atoms. The lowest BCUT2D eigenvalue weighted by Gasteiger charge is -2.08. The molecule has 0 amide bonds. The highest BCUT2D eigenvalue weighted by atomic mass is 79.9. The number of ketones is 1. The molecular weight excluding hydrogens is 458 g/mol. The van der Waals surface area contributed by atoms with Crippen molar-refractivity contribution < 1.29 is 23.9 Å². The van der Waals surface area contributed by atoms with Gasteiger partial charge in [-0.2, -0.15) is 0 Å². The van der Waals surface area contributed by atoms with Crippen LogP contribution in [0.4, 0.5) is 0 Å². The third kappa shape index (κ3) is 4.01. The van der Waals surface area contributed by atoms with Crippen molar-refractivity contribution in [3.05, 3.63) is 45.1 Å². The number of nitrogens with one attached hydrogen (secondary N) is 1. The van der Waals surface area contributed by atoms with Crippen LogP contribution in [0, 0.1) is 6.92 Å². The standard InChI is InChI=1S/C19H18BrN5O5/c1-9-16(18(28)12-5-6-15(29-4)13(20)7-12)14(8-26)21-17(9)19-22-24-25(23-19)10(2)30-11(3)27/h5-8,10,21H,1-4H3. The third-order valence-electron chi connectivity index (χ3n) is 4.35. The summed E-state index contributed by atoms with van der Waals surface area (Å²) in [7, 11) is 1.52. The number of ether oxygens (including phenoxy) is 2. The van der Waals surface area contributed by atoms with Gasteiger partial charge in [0.25, 0.3) is 0 Å². The summed E-state index contributed by atoms with van der Waals surface area (Å²) in [5.41, 5.74) is 1.55. The molecule has 1 atom stereocenters. The first-order valence-electron chi connectivity index (χ1n) is 8.79. The predicted octanol–water partition coefficient (Wildman–Crippen LogP) is 2.87. The lowest BCUT2D eigenvalue weighted by molar-refractivity contribution is -0.151. The van der Waals surface area contributed by atoms with Crippen LogP contribution >= 0.6 is 15.9 Å². The first-order chi connectivity index (χ1) is 14.3. The van der Waals surface area contributed by atoms with Crippen molar-refractivity contribution >= 4 is 34.0 Å². The number of halogens is 1. The topological polar surface area (TPSA) is 129 Å². The minimum absolute atomic E-state index is 0.101. The molecule has 0 bridgehead atoms. The first kappa shape index (κ1) is 21.4. The van der Waals surface area contributed by atoms with Crippen LogP contribution in [0.1, 0.15) is 52.0 Å². The highest BCUT2D eigenvalue weighted by molar-refractivity contribution is 9.10. The Hall–Kier alpha value is -3.34. The number of tetrazole rings is 1. The van der Waals surface area contributed by atoms with Crippen molar-refractivity contribution in [2.45, 2.75) is 27.0 Å². The zero-order valence-corrected chi connectivity index (χ0v) is 18.2. The molecular formula is C19H18BrN5O5. The van der Waals surface area contributed by atoms with Gasteiger partial charge in [-0.3, -0.25) is 14.4 Å². The van der Waals surface area contributed by atoms with Gasteiger partial charge in [-0.05, 0) is 58.8 Å². The Bertz CT molecular complexity index is 1140. The van der Waals surface area contributed by atoms with Gasteiger partial charge in [0.15, 0.2) is 12.1 Å². The molecule has 11 heteroatoms. The predicted molar refractivity (Wildman–Crippen MR) is 108 cm³/mol. The van der Waals surface area contributed by atoms with E-state index >= 15 is 0 Å². The van der Waals surface area contributed by atoms with E-state index in [2.05, 4.69) is 36.3 Å². The molecule has 3 rings (SSSR count). The van der Waals surface area contributed by atoms with Gasteiger partial charge in [-0.1, -0.05) is 0 Å². The summed E-state index contributed by atoms with van der Waals surface area (Å²) in [5.74, 6) is -0.0961. The molecule has 2 aromatic heterocycles. The van der Waals surface area contributed by atoms with Gasteiger partial charge in [0.1, 0.15) is 5.75 Å². The second kappa shape index (κ2) is 8.57. The molecule has 0 fully saturated rings. The van der Waals surface area contributed by atoms with Crippen LogP contribution in [0.2, 0.25) is 0 Å². The minimum Gasteiger partial charge on any atom is -0.496 e. The van der Waals surface area contributed by atoms with E-state index < -0.39 is 12.2 Å². The number of methoxy groups -OCH3 is 1. The molecule has 0 aliphatic heterocycles. The summed E-state index contributed by atoms with van der Waals surface area (Å²) in [5, 5.41) is 12.0. The molecule has 1 unspecified atom stereocenters. The third-order valence-corrected chi connectivity index (χ3v) is 4.97. The molecule has 3 aromatic rings. The van der Waals surface area contributed by atoms with Crippen molar-refractivity contribution in [1.82, 2.24) is 25.2 Å². The Morgan fingerprint density at radius 2 is 2.07 bits per heavy atom. The van der Waals surface area contributed by atoms with Gasteiger partial charge < -0.3 is 14.5 Å². The molecule has 0 aliphatic rings. The minimum atomic E-state index is -0.762.